The summed E-state index contributed by atoms with van der Waals surface area (Å²) in [5.41, 5.74) is 18.6. The van der Waals surface area contributed by atoms with E-state index in [1.165, 1.54) is 16.2 Å². The Kier molecular flexibility index (Phi) is 10.4. The van der Waals surface area contributed by atoms with Crippen LogP contribution in [0.25, 0.3) is 159 Å². The summed E-state index contributed by atoms with van der Waals surface area (Å²) in [6.45, 7) is 0. The quantitative estimate of drug-likeness (QED) is 0.160. The molecule has 6 heterocycles. The van der Waals surface area contributed by atoms with E-state index in [1.54, 1.807) is 12.1 Å². The third-order valence-electron chi connectivity index (χ3n) is 18.8. The minimum Gasteiger partial charge on any atom is -0.344 e. The summed E-state index contributed by atoms with van der Waals surface area (Å²) >= 11 is 0. The first-order valence-electron chi connectivity index (χ1n) is 30.0. The fourth-order valence-corrected chi connectivity index (χ4v) is 16.4. The average Bonchev–Trinajstić information content (AvgIpc) is 1.54. The predicted octanol–water partition coefficient (Wildman–Crippen LogP) is 19.9. The van der Waals surface area contributed by atoms with Crippen molar-refractivity contribution in [2.24, 2.45) is 7.05 Å². The lowest BCUT2D eigenvalue weighted by Gasteiger charge is -2.16. The van der Waals surface area contributed by atoms with Crippen LogP contribution in [-0.2, 0) is 17.8 Å². The molecule has 0 amide bonds. The van der Waals surface area contributed by atoms with E-state index >= 15 is 4.21 Å². The fourth-order valence-electron chi connectivity index (χ4n) is 15.3. The number of fused-ring (bicyclic) bond motifs is 22. The highest BCUT2D eigenvalue weighted by atomic mass is 32.2. The molecular formula is C80H49N7OS. The first-order chi connectivity index (χ1) is 44.0. The maximum Gasteiger partial charge on any atom is 0.0991 e. The van der Waals surface area contributed by atoms with Crippen molar-refractivity contribution in [1.29, 1.82) is 5.26 Å². The zero-order chi connectivity index (χ0) is 58.8. The molecule has 0 fully saturated rings. The van der Waals surface area contributed by atoms with E-state index in [9.17, 15) is 5.26 Å². The number of para-hydroxylation sites is 7. The highest BCUT2D eigenvalue weighted by Gasteiger charge is 2.28. The van der Waals surface area contributed by atoms with Gasteiger partial charge in [-0.25, -0.2) is 4.21 Å². The maximum atomic E-state index is 15.8. The van der Waals surface area contributed by atoms with Crippen molar-refractivity contribution in [2.45, 2.75) is 9.79 Å². The summed E-state index contributed by atoms with van der Waals surface area (Å²) in [5.74, 6) is 0. The van der Waals surface area contributed by atoms with E-state index in [4.69, 9.17) is 0 Å². The molecular weight excluding hydrogens is 1110 g/mol. The lowest BCUT2D eigenvalue weighted by Crippen LogP contribution is -2.03. The van der Waals surface area contributed by atoms with Crippen molar-refractivity contribution in [3.8, 4) is 34.5 Å². The number of hydrogen-bond donors (Lipinski definition) is 0. The summed E-state index contributed by atoms with van der Waals surface area (Å²) < 4.78 is 30.2. The summed E-state index contributed by atoms with van der Waals surface area (Å²) in [6, 6.07) is 102. The number of aromatic nitrogens is 6. The molecule has 0 saturated carbocycles. The van der Waals surface area contributed by atoms with E-state index in [-0.39, 0.29) is 0 Å². The molecule has 416 valence electrons. The van der Waals surface area contributed by atoms with Crippen LogP contribution in [0.3, 0.4) is 0 Å². The molecule has 1 atom stereocenters. The van der Waals surface area contributed by atoms with Gasteiger partial charge in [0.15, 0.2) is 0 Å². The van der Waals surface area contributed by atoms with Gasteiger partial charge in [0.1, 0.15) is 0 Å². The number of nitrogens with zero attached hydrogens (tertiary/aromatic N) is 7. The lowest BCUT2D eigenvalue weighted by molar-refractivity contribution is 0.683. The Morgan fingerprint density at radius 3 is 0.933 bits per heavy atom. The highest BCUT2D eigenvalue weighted by Crippen LogP contribution is 2.50. The zero-order valence-electron chi connectivity index (χ0n) is 48.0. The number of nitriles is 1. The second-order valence-corrected chi connectivity index (χ2v) is 24.8. The molecule has 0 bridgehead atoms. The molecule has 0 aliphatic heterocycles. The van der Waals surface area contributed by atoms with Crippen molar-refractivity contribution in [3.63, 3.8) is 0 Å². The van der Waals surface area contributed by atoms with Crippen LogP contribution in [0.1, 0.15) is 5.56 Å². The standard InChI is InChI=1S/C80H49N7OS/c1-82-61-29-15-11-25-57(61)73-65(82)37-38-69-77(73)78-70(42-39-66-74(78)58-26-12-16-30-62(58)83(66)50-19-5-2-6-20-50)86(69)53-45-54(47-56(46-53)89(88)55-35-33-49(48-81)34-36-55)87-71-43-40-67-75(59-27-13-17-31-63(59)84(67)51-21-7-3-8-22-51)79(71)80-72(87)44-41-68-76(80)60-28-14-18-32-64(60)85(68)52-23-9-4-10-24-52/h2-47H,1H3. The van der Waals surface area contributed by atoms with Gasteiger partial charge in [-0.05, 0) is 152 Å². The van der Waals surface area contributed by atoms with E-state index in [0.29, 0.717) is 15.4 Å². The molecule has 19 rings (SSSR count). The molecule has 0 spiro atoms. The minimum atomic E-state index is -1.70. The van der Waals surface area contributed by atoms with Crippen LogP contribution in [0.4, 0.5) is 0 Å². The molecule has 8 nitrogen and oxygen atoms in total. The van der Waals surface area contributed by atoms with Crippen LogP contribution in [-0.4, -0.2) is 31.6 Å². The Morgan fingerprint density at radius 2 is 0.562 bits per heavy atom. The third-order valence-corrected chi connectivity index (χ3v) is 20.2. The van der Waals surface area contributed by atoms with Crippen LogP contribution >= 0.6 is 0 Å². The van der Waals surface area contributed by atoms with Gasteiger partial charge in [0, 0.05) is 121 Å². The largest absolute Gasteiger partial charge is 0.344 e. The lowest BCUT2D eigenvalue weighted by atomic mass is 10.0. The van der Waals surface area contributed by atoms with Crippen molar-refractivity contribution >= 4 is 142 Å². The molecule has 0 N–H and O–H groups in total. The molecule has 19 aromatic rings. The Bertz CT molecular complexity index is 6140. The molecule has 13 aromatic carbocycles. The first-order valence-corrected chi connectivity index (χ1v) is 31.2. The van der Waals surface area contributed by atoms with Crippen LogP contribution in [0.5, 0.6) is 0 Å². The minimum absolute atomic E-state index is 0.510. The van der Waals surface area contributed by atoms with Gasteiger partial charge in [0.25, 0.3) is 0 Å². The fraction of sp³-hybridized carbons (Fsp3) is 0.0125. The van der Waals surface area contributed by atoms with Crippen LogP contribution in [0, 0.1) is 11.3 Å². The van der Waals surface area contributed by atoms with Gasteiger partial charge in [-0.3, -0.25) is 0 Å². The van der Waals surface area contributed by atoms with Crippen molar-refractivity contribution in [3.05, 3.63) is 285 Å². The van der Waals surface area contributed by atoms with E-state index in [2.05, 4.69) is 295 Å². The summed E-state index contributed by atoms with van der Waals surface area (Å²) in [5, 5.41) is 23.9. The van der Waals surface area contributed by atoms with Crippen LogP contribution < -0.4 is 0 Å². The van der Waals surface area contributed by atoms with Gasteiger partial charge in [-0.1, -0.05) is 127 Å². The number of aryl methyl sites for hydroxylation is 1. The van der Waals surface area contributed by atoms with E-state index in [1.807, 2.05) is 12.1 Å². The van der Waals surface area contributed by atoms with Gasteiger partial charge in [0.05, 0.1) is 77.6 Å². The van der Waals surface area contributed by atoms with Crippen molar-refractivity contribution in [2.75, 3.05) is 0 Å². The molecule has 0 aliphatic rings. The van der Waals surface area contributed by atoms with Gasteiger partial charge in [-0.15, -0.1) is 0 Å². The Hall–Kier alpha value is -11.7. The second-order valence-electron chi connectivity index (χ2n) is 23.3. The number of benzene rings is 13. The summed E-state index contributed by atoms with van der Waals surface area (Å²) in [7, 11) is 0.475. The SMILES string of the molecule is Cn1c2ccccc2c2c3c4c5c6ccccc6n(-c6ccccc6)c5ccc4n(-c4cc(-n5c6ccc7c(c8ccccc8n7-c7ccccc7)c6c6c7c8ccccc8n(-c8ccccc8)c7ccc65)cc(S(=O)c5ccc(C#N)cc5)c4)c3ccc21. The van der Waals surface area contributed by atoms with Crippen LogP contribution in [0.2, 0.25) is 0 Å². The molecule has 0 radical (unpaired) electrons. The van der Waals surface area contributed by atoms with E-state index < -0.39 is 10.8 Å². The molecule has 0 saturated heterocycles. The topological polar surface area (TPSA) is 70.4 Å². The van der Waals surface area contributed by atoms with Crippen molar-refractivity contribution in [1.82, 2.24) is 27.4 Å². The highest BCUT2D eigenvalue weighted by molar-refractivity contribution is 7.85. The third kappa shape index (κ3) is 6.83. The summed E-state index contributed by atoms with van der Waals surface area (Å²) in [4.78, 5) is 1.24. The van der Waals surface area contributed by atoms with Gasteiger partial charge in [0.2, 0.25) is 0 Å². The maximum absolute atomic E-state index is 15.8. The van der Waals surface area contributed by atoms with Gasteiger partial charge >= 0.3 is 0 Å². The monoisotopic (exact) mass is 1160 g/mol. The smallest absolute Gasteiger partial charge is 0.0991 e. The molecule has 6 aromatic heterocycles. The average molecular weight is 1160 g/mol. The zero-order valence-corrected chi connectivity index (χ0v) is 48.8. The van der Waals surface area contributed by atoms with Crippen LogP contribution in [0.15, 0.2) is 289 Å². The normalized spacial score (nSPS) is 12.5. The molecule has 9 heteroatoms. The second kappa shape index (κ2) is 18.7. The Labute approximate surface area is 511 Å². The number of rotatable bonds is 7. The Morgan fingerprint density at radius 1 is 0.270 bits per heavy atom. The number of hydrogen-bond acceptors (Lipinski definition) is 2. The molecule has 0 aliphatic carbocycles. The van der Waals surface area contributed by atoms with Gasteiger partial charge in [-0.2, -0.15) is 5.26 Å². The molecule has 1 unspecified atom stereocenters. The van der Waals surface area contributed by atoms with Crippen molar-refractivity contribution < 1.29 is 4.21 Å². The predicted molar refractivity (Wildman–Crippen MR) is 368 cm³/mol. The Balaban J connectivity index is 0.993. The molecule has 89 heavy (non-hydrogen) atoms. The van der Waals surface area contributed by atoms with E-state index in [0.717, 1.165) is 143 Å². The van der Waals surface area contributed by atoms with Gasteiger partial charge < -0.3 is 27.4 Å². The first kappa shape index (κ1) is 49.5. The summed E-state index contributed by atoms with van der Waals surface area (Å²) in [6.07, 6.45) is 0.